The predicted octanol–water partition coefficient (Wildman–Crippen LogP) is 2.08. The molecule has 0 aromatic heterocycles. The number of benzene rings is 1. The minimum Gasteiger partial charge on any atom is -0.468 e. The molecule has 1 aromatic rings. The molecule has 3 rings (SSSR count). The van der Waals surface area contributed by atoms with Crippen LogP contribution in [0, 0.1) is 5.92 Å². The molecule has 1 aromatic carbocycles. The van der Waals surface area contributed by atoms with Gasteiger partial charge in [-0.3, -0.25) is 9.69 Å². The number of hydrogen-bond donors (Lipinski definition) is 1. The van der Waals surface area contributed by atoms with Crippen LogP contribution in [-0.4, -0.2) is 47.4 Å². The number of esters is 1. The van der Waals surface area contributed by atoms with Crippen molar-refractivity contribution in [1.82, 2.24) is 4.90 Å². The van der Waals surface area contributed by atoms with Crippen molar-refractivity contribution in [3.8, 4) is 0 Å². The Labute approximate surface area is 129 Å². The first kappa shape index (κ1) is 15.4. The molecule has 0 radical (unpaired) electrons. The van der Waals surface area contributed by atoms with Crippen LogP contribution in [0.25, 0.3) is 0 Å². The average molecular weight is 307 g/mol. The smallest absolute Gasteiger partial charge is 0.323 e. The first-order valence-corrected chi connectivity index (χ1v) is 7.72. The fourth-order valence-corrected chi connectivity index (χ4v) is 4.08. The summed E-state index contributed by atoms with van der Waals surface area (Å²) in [6.45, 7) is 2.14. The zero-order valence-corrected chi connectivity index (χ0v) is 12.9. The highest BCUT2D eigenvalue weighted by Crippen LogP contribution is 2.50. The summed E-state index contributed by atoms with van der Waals surface area (Å²) in [7, 11) is 1.33. The first-order chi connectivity index (χ1) is 10.5. The maximum atomic E-state index is 15.2. The molecule has 0 amide bonds. The van der Waals surface area contributed by atoms with Crippen molar-refractivity contribution < 1.29 is 19.0 Å². The summed E-state index contributed by atoms with van der Waals surface area (Å²) < 4.78 is 20.1. The van der Waals surface area contributed by atoms with Gasteiger partial charge in [0.2, 0.25) is 0 Å². The molecule has 1 N–H and O–H groups in total. The van der Waals surface area contributed by atoms with Crippen molar-refractivity contribution in [3.63, 3.8) is 0 Å². The Morgan fingerprint density at radius 3 is 2.77 bits per heavy atom. The standard InChI is InChI=1S/C17H22FNO3/c1-11(12-6-4-3-5-7-12)19-10-17(18)9-13(20)8-14(17)15(19)16(21)22-2/h3-7,11,13-15,20H,8-10H2,1-2H3/t11-,13+,14+,15+,17?/m1/s1. The maximum Gasteiger partial charge on any atom is 0.323 e. The van der Waals surface area contributed by atoms with Crippen LogP contribution in [0.15, 0.2) is 30.3 Å². The van der Waals surface area contributed by atoms with E-state index < -0.39 is 29.7 Å². The molecule has 5 atom stereocenters. The lowest BCUT2D eigenvalue weighted by Crippen LogP contribution is -2.42. The van der Waals surface area contributed by atoms with Crippen molar-refractivity contribution in [2.24, 2.45) is 5.92 Å². The van der Waals surface area contributed by atoms with Gasteiger partial charge in [-0.05, 0) is 18.9 Å². The van der Waals surface area contributed by atoms with Gasteiger partial charge in [-0.25, -0.2) is 4.39 Å². The zero-order chi connectivity index (χ0) is 15.9. The van der Waals surface area contributed by atoms with E-state index in [-0.39, 0.29) is 19.0 Å². The SMILES string of the molecule is COC(=O)[C@@H]1[C@@H]2C[C@H](O)CC2(F)CN1[C@H](C)c1ccccc1. The van der Waals surface area contributed by atoms with Gasteiger partial charge in [-0.2, -0.15) is 0 Å². The number of ether oxygens (including phenoxy) is 1. The molecule has 1 unspecified atom stereocenters. The summed E-state index contributed by atoms with van der Waals surface area (Å²) >= 11 is 0. The van der Waals surface area contributed by atoms with Crippen LogP contribution in [0.1, 0.15) is 31.4 Å². The third-order valence-electron chi connectivity index (χ3n) is 5.17. The number of rotatable bonds is 3. The summed E-state index contributed by atoms with van der Waals surface area (Å²) in [5, 5.41) is 9.80. The third kappa shape index (κ3) is 2.42. The van der Waals surface area contributed by atoms with Crippen LogP contribution >= 0.6 is 0 Å². The van der Waals surface area contributed by atoms with Crippen molar-refractivity contribution in [3.05, 3.63) is 35.9 Å². The predicted molar refractivity (Wildman–Crippen MR) is 79.9 cm³/mol. The second kappa shape index (κ2) is 5.63. The van der Waals surface area contributed by atoms with Gasteiger partial charge in [0, 0.05) is 24.9 Å². The lowest BCUT2D eigenvalue weighted by atomic mass is 9.91. The molecule has 1 aliphatic heterocycles. The quantitative estimate of drug-likeness (QED) is 0.869. The van der Waals surface area contributed by atoms with E-state index in [0.717, 1.165) is 5.56 Å². The molecule has 4 nitrogen and oxygen atoms in total. The Balaban J connectivity index is 1.92. The van der Waals surface area contributed by atoms with E-state index in [0.29, 0.717) is 6.42 Å². The summed E-state index contributed by atoms with van der Waals surface area (Å²) in [4.78, 5) is 14.1. The van der Waals surface area contributed by atoms with Crippen LogP contribution in [0.3, 0.4) is 0 Å². The van der Waals surface area contributed by atoms with Crippen molar-refractivity contribution in [2.75, 3.05) is 13.7 Å². The number of aliphatic hydroxyl groups excluding tert-OH is 1. The first-order valence-electron chi connectivity index (χ1n) is 7.72. The minimum atomic E-state index is -1.51. The van der Waals surface area contributed by atoms with Crippen LogP contribution in [0.2, 0.25) is 0 Å². The van der Waals surface area contributed by atoms with Gasteiger partial charge < -0.3 is 9.84 Å². The van der Waals surface area contributed by atoms with Gasteiger partial charge in [-0.1, -0.05) is 30.3 Å². The largest absolute Gasteiger partial charge is 0.468 e. The lowest BCUT2D eigenvalue weighted by molar-refractivity contribution is -0.148. The van der Waals surface area contributed by atoms with Gasteiger partial charge in [0.15, 0.2) is 0 Å². The zero-order valence-electron chi connectivity index (χ0n) is 12.9. The van der Waals surface area contributed by atoms with E-state index in [1.54, 1.807) is 0 Å². The molecule has 1 saturated heterocycles. The number of alkyl halides is 1. The number of carbonyl (C=O) groups is 1. The molecule has 120 valence electrons. The van der Waals surface area contributed by atoms with Gasteiger partial charge in [0.05, 0.1) is 13.2 Å². The Kier molecular flexibility index (Phi) is 3.95. The highest BCUT2D eigenvalue weighted by Gasteiger charge is 2.61. The van der Waals surface area contributed by atoms with E-state index in [1.807, 2.05) is 42.2 Å². The Morgan fingerprint density at radius 1 is 1.45 bits per heavy atom. The van der Waals surface area contributed by atoms with E-state index >= 15 is 4.39 Å². The number of carbonyl (C=O) groups excluding carboxylic acids is 1. The second-order valence-corrected chi connectivity index (χ2v) is 6.46. The van der Waals surface area contributed by atoms with E-state index in [9.17, 15) is 9.90 Å². The Morgan fingerprint density at radius 2 is 2.14 bits per heavy atom. The second-order valence-electron chi connectivity index (χ2n) is 6.46. The number of hydrogen-bond acceptors (Lipinski definition) is 4. The van der Waals surface area contributed by atoms with Crippen LogP contribution < -0.4 is 0 Å². The van der Waals surface area contributed by atoms with Crippen LogP contribution in [0.4, 0.5) is 4.39 Å². The number of likely N-dealkylation sites (tertiary alicyclic amines) is 1. The van der Waals surface area contributed by atoms with E-state index in [1.165, 1.54) is 7.11 Å². The molecule has 0 spiro atoms. The summed E-state index contributed by atoms with van der Waals surface area (Å²) in [6.07, 6.45) is -0.256. The number of fused-ring (bicyclic) bond motifs is 1. The molecule has 0 bridgehead atoms. The monoisotopic (exact) mass is 307 g/mol. The number of nitrogens with zero attached hydrogens (tertiary/aromatic N) is 1. The molecule has 2 aliphatic rings. The van der Waals surface area contributed by atoms with Gasteiger partial charge >= 0.3 is 5.97 Å². The normalized spacial score (nSPS) is 36.1. The third-order valence-corrected chi connectivity index (χ3v) is 5.17. The topological polar surface area (TPSA) is 49.8 Å². The molecule has 22 heavy (non-hydrogen) atoms. The number of aliphatic hydroxyl groups is 1. The molecule has 1 saturated carbocycles. The molecule has 1 heterocycles. The molecule has 5 heteroatoms. The van der Waals surface area contributed by atoms with Crippen molar-refractivity contribution >= 4 is 5.97 Å². The Bertz CT molecular complexity index is 552. The number of halogens is 1. The van der Waals surface area contributed by atoms with Crippen molar-refractivity contribution in [1.29, 1.82) is 0 Å². The summed E-state index contributed by atoms with van der Waals surface area (Å²) in [5.41, 5.74) is -0.470. The summed E-state index contributed by atoms with van der Waals surface area (Å²) in [6, 6.07) is 9.04. The van der Waals surface area contributed by atoms with Crippen LogP contribution in [0.5, 0.6) is 0 Å². The highest BCUT2D eigenvalue weighted by molar-refractivity contribution is 5.77. The maximum absolute atomic E-state index is 15.2. The molecular formula is C17H22FNO3. The van der Waals surface area contributed by atoms with Crippen molar-refractivity contribution in [2.45, 2.75) is 43.6 Å². The van der Waals surface area contributed by atoms with E-state index in [2.05, 4.69) is 0 Å². The fourth-order valence-electron chi connectivity index (χ4n) is 4.08. The lowest BCUT2D eigenvalue weighted by Gasteiger charge is -2.31. The van der Waals surface area contributed by atoms with Gasteiger partial charge in [0.1, 0.15) is 11.7 Å². The molecule has 2 fully saturated rings. The van der Waals surface area contributed by atoms with E-state index in [4.69, 9.17) is 4.74 Å². The number of methoxy groups -OCH3 is 1. The average Bonchev–Trinajstić information content (AvgIpc) is 2.95. The van der Waals surface area contributed by atoms with Crippen LogP contribution in [-0.2, 0) is 9.53 Å². The summed E-state index contributed by atoms with van der Waals surface area (Å²) in [5.74, 6) is -0.914. The van der Waals surface area contributed by atoms with Gasteiger partial charge in [-0.15, -0.1) is 0 Å². The highest BCUT2D eigenvalue weighted by atomic mass is 19.1. The van der Waals surface area contributed by atoms with Gasteiger partial charge in [0.25, 0.3) is 0 Å². The minimum absolute atomic E-state index is 0.0827. The fraction of sp³-hybridized carbons (Fsp3) is 0.588. The Hall–Kier alpha value is -1.46. The molecule has 1 aliphatic carbocycles. The molecular weight excluding hydrogens is 285 g/mol.